The van der Waals surface area contributed by atoms with Crippen molar-refractivity contribution in [2.45, 2.75) is 104 Å². The maximum atomic E-state index is 14.7. The minimum Gasteiger partial charge on any atom is -0.465 e. The molecule has 0 saturated heterocycles. The van der Waals surface area contributed by atoms with E-state index in [1.165, 1.54) is 0 Å². The fourth-order valence-corrected chi connectivity index (χ4v) is 10.4. The summed E-state index contributed by atoms with van der Waals surface area (Å²) in [6.45, 7) is 11.5. The first-order valence-electron chi connectivity index (χ1n) is 14.6. The van der Waals surface area contributed by atoms with Crippen molar-refractivity contribution < 1.29 is 32.9 Å². The second-order valence-electron chi connectivity index (χ2n) is 13.5. The number of halogens is 2. The highest BCUT2D eigenvalue weighted by atomic mass is 19.3. The molecule has 0 aromatic carbocycles. The lowest BCUT2D eigenvalue weighted by Gasteiger charge is -2.66. The quantitative estimate of drug-likeness (QED) is 0.295. The van der Waals surface area contributed by atoms with E-state index >= 15 is 0 Å². The van der Waals surface area contributed by atoms with Crippen molar-refractivity contribution in [2.75, 3.05) is 21.0 Å². The van der Waals surface area contributed by atoms with E-state index in [0.717, 1.165) is 52.1 Å². The van der Waals surface area contributed by atoms with Gasteiger partial charge >= 0.3 is 11.9 Å². The number of aliphatic hydroxyl groups excluding tert-OH is 1. The zero-order valence-corrected chi connectivity index (χ0v) is 24.0. The molecule has 7 heteroatoms. The van der Waals surface area contributed by atoms with Crippen LogP contribution in [-0.2, 0) is 19.0 Å². The minimum atomic E-state index is -3.46. The molecule has 5 nitrogen and oxygen atoms in total. The van der Waals surface area contributed by atoms with Crippen LogP contribution in [-0.4, -0.2) is 50.2 Å². The smallest absolute Gasteiger partial charge is 0.376 e. The Labute approximate surface area is 222 Å². The Morgan fingerprint density at radius 2 is 1.81 bits per heavy atom. The molecule has 0 amide bonds. The normalized spacial score (nSPS) is 46.5. The van der Waals surface area contributed by atoms with E-state index < -0.39 is 18.3 Å². The highest BCUT2D eigenvalue weighted by Gasteiger charge is 2.67. The number of hydrogen-bond donors (Lipinski definition) is 1. The van der Waals surface area contributed by atoms with Crippen molar-refractivity contribution in [3.8, 4) is 0 Å². The number of carbonyl (C=O) groups excluding carboxylic acids is 1. The Bertz CT molecular complexity index is 822. The van der Waals surface area contributed by atoms with Crippen LogP contribution in [0.3, 0.4) is 0 Å². The molecule has 0 aromatic heterocycles. The number of esters is 1. The largest absolute Gasteiger partial charge is 0.465 e. The van der Waals surface area contributed by atoms with Crippen molar-refractivity contribution in [3.63, 3.8) is 0 Å². The van der Waals surface area contributed by atoms with Gasteiger partial charge in [0, 0.05) is 13.5 Å². The van der Waals surface area contributed by atoms with Crippen molar-refractivity contribution in [3.05, 3.63) is 0 Å². The van der Waals surface area contributed by atoms with Crippen LogP contribution in [0.15, 0.2) is 0 Å². The molecule has 214 valence electrons. The number of hydrogen-bond acceptors (Lipinski definition) is 5. The lowest BCUT2D eigenvalue weighted by atomic mass is 9.39. The van der Waals surface area contributed by atoms with E-state index in [2.05, 4.69) is 32.4 Å². The summed E-state index contributed by atoms with van der Waals surface area (Å²) < 4.78 is 45.7. The second kappa shape index (κ2) is 10.6. The first kappa shape index (κ1) is 29.2. The molecule has 0 radical (unpaired) electrons. The Hall–Kier alpha value is -0.790. The average molecular weight is 529 g/mol. The predicted molar refractivity (Wildman–Crippen MR) is 138 cm³/mol. The number of ether oxygens (including phenoxy) is 3. The van der Waals surface area contributed by atoms with Gasteiger partial charge in [-0.3, -0.25) is 0 Å². The number of methoxy groups -OCH3 is 2. The van der Waals surface area contributed by atoms with Crippen molar-refractivity contribution in [1.29, 1.82) is 0 Å². The molecule has 37 heavy (non-hydrogen) atoms. The van der Waals surface area contributed by atoms with E-state index in [0.29, 0.717) is 35.5 Å². The van der Waals surface area contributed by atoms with Gasteiger partial charge in [0.15, 0.2) is 0 Å². The van der Waals surface area contributed by atoms with Crippen LogP contribution in [0.4, 0.5) is 8.78 Å². The standard InChI is InChI=1S/C30H50F2O5/c1-8-20-23-14-19(33)11-12-28(23,4)24-13-18(3)29(5)21(17(2)15-30(31,32)27(34)36-7)9-10-22(29)25(24)26(20)37-16-35-6/h17-26,33H,8-16H2,1-7H3/t17-,18+,19-,20-,21-,22?,23+,24?,25?,26?,28+,29-/m1/s1. The summed E-state index contributed by atoms with van der Waals surface area (Å²) in [6.07, 6.45) is 6.02. The third kappa shape index (κ3) is 4.67. The molecule has 4 saturated carbocycles. The highest BCUT2D eigenvalue weighted by Crippen LogP contribution is 2.71. The fourth-order valence-electron chi connectivity index (χ4n) is 10.4. The topological polar surface area (TPSA) is 65.0 Å². The molecule has 4 rings (SSSR count). The SMILES string of the molecule is CC[C@H]1C(OCOC)C2C3CC[C@H]([C@H](C)CC(F)(F)C(=O)OC)[C@@]3(C)[C@@H](C)CC2[C@@]2(C)CC[C@@H](O)C[C@@H]12. The first-order valence-corrected chi connectivity index (χ1v) is 14.6. The van der Waals surface area contributed by atoms with Gasteiger partial charge in [-0.15, -0.1) is 0 Å². The summed E-state index contributed by atoms with van der Waals surface area (Å²) in [5.74, 6) is -2.73. The number of alkyl halides is 2. The van der Waals surface area contributed by atoms with E-state index in [4.69, 9.17) is 9.47 Å². The van der Waals surface area contributed by atoms with Gasteiger partial charge in [-0.1, -0.05) is 41.0 Å². The van der Waals surface area contributed by atoms with Crippen LogP contribution in [0.2, 0.25) is 0 Å². The van der Waals surface area contributed by atoms with Gasteiger partial charge in [-0.05, 0) is 96.7 Å². The van der Waals surface area contributed by atoms with E-state index in [1.54, 1.807) is 7.11 Å². The molecule has 1 N–H and O–H groups in total. The molecule has 12 atom stereocenters. The summed E-state index contributed by atoms with van der Waals surface area (Å²) >= 11 is 0. The summed E-state index contributed by atoms with van der Waals surface area (Å²) in [7, 11) is 2.69. The van der Waals surface area contributed by atoms with E-state index in [-0.39, 0.29) is 41.7 Å². The van der Waals surface area contributed by atoms with Crippen LogP contribution in [0.5, 0.6) is 0 Å². The molecule has 4 aliphatic carbocycles. The molecule has 0 bridgehead atoms. The molecule has 0 aliphatic heterocycles. The summed E-state index contributed by atoms with van der Waals surface area (Å²) in [6, 6.07) is 0. The van der Waals surface area contributed by atoms with Gasteiger partial charge in [0.1, 0.15) is 6.79 Å². The number of carbonyl (C=O) groups is 1. The van der Waals surface area contributed by atoms with E-state index in [9.17, 15) is 18.7 Å². The number of fused-ring (bicyclic) bond motifs is 5. The third-order valence-corrected chi connectivity index (χ3v) is 12.1. The minimum absolute atomic E-state index is 0.0423. The molecule has 0 spiro atoms. The van der Waals surface area contributed by atoms with Gasteiger partial charge in [-0.2, -0.15) is 8.78 Å². The third-order valence-electron chi connectivity index (χ3n) is 12.1. The summed E-state index contributed by atoms with van der Waals surface area (Å²) in [5, 5.41) is 10.7. The van der Waals surface area contributed by atoms with Crippen molar-refractivity contribution in [2.24, 2.45) is 58.2 Å². The van der Waals surface area contributed by atoms with Crippen LogP contribution in [0.1, 0.15) is 86.0 Å². The van der Waals surface area contributed by atoms with Crippen molar-refractivity contribution >= 4 is 5.97 Å². The lowest BCUT2D eigenvalue weighted by Crippen LogP contribution is -2.64. The lowest BCUT2D eigenvalue weighted by molar-refractivity contribution is -0.243. The molecule has 0 aromatic rings. The Morgan fingerprint density at radius 1 is 1.11 bits per heavy atom. The second-order valence-corrected chi connectivity index (χ2v) is 13.5. The molecular formula is C30H50F2O5. The van der Waals surface area contributed by atoms with Gasteiger partial charge in [0.25, 0.3) is 0 Å². The highest BCUT2D eigenvalue weighted by molar-refractivity contribution is 5.77. The van der Waals surface area contributed by atoms with Gasteiger partial charge in [-0.25, -0.2) is 4.79 Å². The Kier molecular flexibility index (Phi) is 8.40. The van der Waals surface area contributed by atoms with E-state index in [1.807, 2.05) is 6.92 Å². The Morgan fingerprint density at radius 3 is 2.43 bits per heavy atom. The maximum absolute atomic E-state index is 14.7. The molecule has 4 fully saturated rings. The molecule has 4 unspecified atom stereocenters. The molecular weight excluding hydrogens is 478 g/mol. The van der Waals surface area contributed by atoms with Gasteiger partial charge in [0.05, 0.1) is 19.3 Å². The molecule has 0 heterocycles. The predicted octanol–water partition coefficient (Wildman–Crippen LogP) is 6.32. The van der Waals surface area contributed by atoms with Crippen molar-refractivity contribution in [1.82, 2.24) is 0 Å². The van der Waals surface area contributed by atoms with Gasteiger partial charge in [0.2, 0.25) is 0 Å². The Balaban J connectivity index is 1.70. The zero-order chi connectivity index (χ0) is 27.3. The van der Waals surface area contributed by atoms with Crippen LogP contribution >= 0.6 is 0 Å². The maximum Gasteiger partial charge on any atom is 0.376 e. The number of aliphatic hydroxyl groups is 1. The van der Waals surface area contributed by atoms with Crippen LogP contribution < -0.4 is 0 Å². The number of rotatable bonds is 8. The summed E-state index contributed by atoms with van der Waals surface area (Å²) in [5.41, 5.74) is 0.0475. The zero-order valence-electron chi connectivity index (χ0n) is 24.0. The monoisotopic (exact) mass is 528 g/mol. The van der Waals surface area contributed by atoms with Crippen LogP contribution in [0.25, 0.3) is 0 Å². The molecule has 4 aliphatic rings. The average Bonchev–Trinajstić information content (AvgIpc) is 3.21. The summed E-state index contributed by atoms with van der Waals surface area (Å²) in [4.78, 5) is 11.8. The fraction of sp³-hybridized carbons (Fsp3) is 0.967. The first-order chi connectivity index (χ1) is 17.4. The van der Waals surface area contributed by atoms with Gasteiger partial charge < -0.3 is 19.3 Å². The van der Waals surface area contributed by atoms with Crippen LogP contribution in [0, 0.1) is 58.2 Å².